The van der Waals surface area contributed by atoms with Gasteiger partial charge in [-0.1, -0.05) is 23.7 Å². The summed E-state index contributed by atoms with van der Waals surface area (Å²) in [5.41, 5.74) is 0.575. The first-order valence-corrected chi connectivity index (χ1v) is 8.24. The second-order valence-corrected chi connectivity index (χ2v) is 6.40. The zero-order chi connectivity index (χ0) is 17.0. The number of aliphatic hydroxyl groups is 1. The van der Waals surface area contributed by atoms with Gasteiger partial charge < -0.3 is 15.2 Å². The van der Waals surface area contributed by atoms with Crippen LogP contribution in [-0.4, -0.2) is 41.4 Å². The van der Waals surface area contributed by atoms with Crippen molar-refractivity contribution in [2.75, 3.05) is 19.8 Å². The maximum atomic E-state index is 11.9. The number of halogens is 1. The Morgan fingerprint density at radius 3 is 2.88 bits per heavy atom. The normalized spacial score (nSPS) is 17.2. The van der Waals surface area contributed by atoms with Gasteiger partial charge in [-0.2, -0.15) is 0 Å². The van der Waals surface area contributed by atoms with E-state index < -0.39 is 5.60 Å². The third-order valence-electron chi connectivity index (χ3n) is 4.10. The lowest BCUT2D eigenvalue weighted by Gasteiger charge is -2.31. The molecule has 3 rings (SSSR count). The molecule has 0 atom stereocenters. The summed E-state index contributed by atoms with van der Waals surface area (Å²) in [7, 11) is 0. The maximum Gasteiger partial charge on any atom is 0.244 e. The van der Waals surface area contributed by atoms with E-state index in [9.17, 15) is 9.90 Å². The zero-order valence-electron chi connectivity index (χ0n) is 13.2. The first-order chi connectivity index (χ1) is 11.5. The minimum Gasteiger partial charge on any atom is -0.388 e. The van der Waals surface area contributed by atoms with E-state index in [0.29, 0.717) is 36.8 Å². The van der Waals surface area contributed by atoms with Gasteiger partial charge in [0.1, 0.15) is 0 Å². The average Bonchev–Trinajstić information content (AvgIpc) is 2.58. The molecule has 2 heterocycles. The molecule has 1 amide bonds. The summed E-state index contributed by atoms with van der Waals surface area (Å²) < 4.78 is 5.22. The molecule has 24 heavy (non-hydrogen) atoms. The van der Waals surface area contributed by atoms with Gasteiger partial charge in [0.05, 0.1) is 16.8 Å². The summed E-state index contributed by atoms with van der Waals surface area (Å²) in [6, 6.07) is 9.27. The van der Waals surface area contributed by atoms with Crippen LogP contribution < -0.4 is 5.32 Å². The quantitative estimate of drug-likeness (QED) is 0.835. The molecule has 1 aromatic carbocycles. The predicted octanol–water partition coefficient (Wildman–Crippen LogP) is 2.56. The van der Waals surface area contributed by atoms with Gasteiger partial charge in [-0.15, -0.1) is 0 Å². The van der Waals surface area contributed by atoms with Crippen LogP contribution in [0.25, 0.3) is 17.0 Å². The number of rotatable bonds is 4. The molecule has 1 fully saturated rings. The maximum absolute atomic E-state index is 11.9. The fourth-order valence-corrected chi connectivity index (χ4v) is 2.77. The summed E-state index contributed by atoms with van der Waals surface area (Å²) in [4.78, 5) is 16.4. The molecule has 1 aliphatic heterocycles. The summed E-state index contributed by atoms with van der Waals surface area (Å²) in [6.45, 7) is 1.26. The van der Waals surface area contributed by atoms with E-state index >= 15 is 0 Å². The summed E-state index contributed by atoms with van der Waals surface area (Å²) in [5.74, 6) is -0.261. The Hall–Kier alpha value is -1.95. The zero-order valence-corrected chi connectivity index (χ0v) is 13.9. The van der Waals surface area contributed by atoms with Crippen molar-refractivity contribution in [3.63, 3.8) is 0 Å². The van der Waals surface area contributed by atoms with Crippen molar-refractivity contribution in [1.29, 1.82) is 0 Å². The van der Waals surface area contributed by atoms with E-state index in [4.69, 9.17) is 16.3 Å². The number of benzene rings is 1. The fraction of sp³-hybridized carbons (Fsp3) is 0.333. The van der Waals surface area contributed by atoms with E-state index in [1.807, 2.05) is 24.3 Å². The standard InChI is InChI=1S/C18H19ClN2O3/c19-14-3-1-13-2-4-15(21-16(13)11-14)5-6-17(22)20-12-18(23)7-9-24-10-8-18/h1-6,11,23H,7-10,12H2,(H,20,22). The summed E-state index contributed by atoms with van der Waals surface area (Å²) in [5, 5.41) is 14.6. The van der Waals surface area contributed by atoms with Gasteiger partial charge >= 0.3 is 0 Å². The molecule has 2 N–H and O–H groups in total. The Kier molecular flexibility index (Phi) is 5.14. The Bertz CT molecular complexity index is 770. The van der Waals surface area contributed by atoms with Crippen molar-refractivity contribution in [3.05, 3.63) is 47.1 Å². The van der Waals surface area contributed by atoms with Gasteiger partial charge in [-0.3, -0.25) is 4.79 Å². The van der Waals surface area contributed by atoms with Crippen molar-refractivity contribution in [2.45, 2.75) is 18.4 Å². The molecule has 126 valence electrons. The number of aromatic nitrogens is 1. The minimum atomic E-state index is -0.875. The second-order valence-electron chi connectivity index (χ2n) is 5.96. The van der Waals surface area contributed by atoms with Gasteiger partial charge in [0.2, 0.25) is 5.91 Å². The molecule has 0 saturated carbocycles. The van der Waals surface area contributed by atoms with Crippen LogP contribution in [0.15, 0.2) is 36.4 Å². The third-order valence-corrected chi connectivity index (χ3v) is 4.33. The average molecular weight is 347 g/mol. The highest BCUT2D eigenvalue weighted by molar-refractivity contribution is 6.31. The molecular formula is C18H19ClN2O3. The number of fused-ring (bicyclic) bond motifs is 1. The van der Waals surface area contributed by atoms with E-state index in [0.717, 1.165) is 10.9 Å². The number of hydrogen-bond donors (Lipinski definition) is 2. The third kappa shape index (κ3) is 4.32. The van der Waals surface area contributed by atoms with Crippen molar-refractivity contribution in [1.82, 2.24) is 10.3 Å². The molecule has 0 aliphatic carbocycles. The first kappa shape index (κ1) is 16.9. The summed E-state index contributed by atoms with van der Waals surface area (Å²) in [6.07, 6.45) is 4.12. The second kappa shape index (κ2) is 7.30. The Morgan fingerprint density at radius 2 is 2.08 bits per heavy atom. The van der Waals surface area contributed by atoms with Crippen LogP contribution in [-0.2, 0) is 9.53 Å². The number of nitrogens with one attached hydrogen (secondary N) is 1. The number of hydrogen-bond acceptors (Lipinski definition) is 4. The largest absolute Gasteiger partial charge is 0.388 e. The smallest absolute Gasteiger partial charge is 0.244 e. The highest BCUT2D eigenvalue weighted by atomic mass is 35.5. The molecule has 2 aromatic rings. The topological polar surface area (TPSA) is 71.5 Å². The molecule has 0 unspecified atom stereocenters. The van der Waals surface area contributed by atoms with Gasteiger partial charge in [0.15, 0.2) is 0 Å². The van der Waals surface area contributed by atoms with E-state index in [-0.39, 0.29) is 12.5 Å². The van der Waals surface area contributed by atoms with Gasteiger partial charge in [0, 0.05) is 49.1 Å². The molecule has 5 nitrogen and oxygen atoms in total. The lowest BCUT2D eigenvalue weighted by atomic mass is 9.94. The molecule has 0 bridgehead atoms. The monoisotopic (exact) mass is 346 g/mol. The fourth-order valence-electron chi connectivity index (χ4n) is 2.60. The van der Waals surface area contributed by atoms with Crippen LogP contribution in [0.5, 0.6) is 0 Å². The minimum absolute atomic E-state index is 0.223. The van der Waals surface area contributed by atoms with E-state index in [1.54, 1.807) is 12.1 Å². The van der Waals surface area contributed by atoms with Gasteiger partial charge in [-0.05, 0) is 24.3 Å². The highest BCUT2D eigenvalue weighted by Crippen LogP contribution is 2.20. The molecule has 1 aromatic heterocycles. The molecule has 0 spiro atoms. The Labute approximate surface area is 145 Å². The number of pyridine rings is 1. The predicted molar refractivity (Wildman–Crippen MR) is 93.8 cm³/mol. The first-order valence-electron chi connectivity index (χ1n) is 7.86. The number of carbonyl (C=O) groups excluding carboxylic acids is 1. The molecule has 1 aliphatic rings. The van der Waals surface area contributed by atoms with Crippen LogP contribution in [0.1, 0.15) is 18.5 Å². The lowest BCUT2D eigenvalue weighted by molar-refractivity contribution is -0.119. The number of amides is 1. The number of nitrogens with zero attached hydrogens (tertiary/aromatic N) is 1. The van der Waals surface area contributed by atoms with E-state index in [1.165, 1.54) is 6.08 Å². The molecular weight excluding hydrogens is 328 g/mol. The molecule has 0 radical (unpaired) electrons. The summed E-state index contributed by atoms with van der Waals surface area (Å²) >= 11 is 5.97. The van der Waals surface area contributed by atoms with Crippen LogP contribution in [0, 0.1) is 0 Å². The van der Waals surface area contributed by atoms with Gasteiger partial charge in [-0.25, -0.2) is 4.98 Å². The van der Waals surface area contributed by atoms with Crippen molar-refractivity contribution in [3.8, 4) is 0 Å². The Morgan fingerprint density at radius 1 is 1.33 bits per heavy atom. The van der Waals surface area contributed by atoms with E-state index in [2.05, 4.69) is 10.3 Å². The van der Waals surface area contributed by atoms with Crippen molar-refractivity contribution < 1.29 is 14.6 Å². The van der Waals surface area contributed by atoms with Crippen LogP contribution in [0.3, 0.4) is 0 Å². The molecule has 6 heteroatoms. The Balaban J connectivity index is 1.61. The number of ether oxygens (including phenoxy) is 1. The van der Waals surface area contributed by atoms with Crippen molar-refractivity contribution >= 4 is 34.5 Å². The molecule has 1 saturated heterocycles. The van der Waals surface area contributed by atoms with Crippen molar-refractivity contribution in [2.24, 2.45) is 0 Å². The lowest BCUT2D eigenvalue weighted by Crippen LogP contribution is -2.46. The SMILES string of the molecule is O=C(C=Cc1ccc2ccc(Cl)cc2n1)NCC1(O)CCOCC1. The van der Waals surface area contributed by atoms with Gasteiger partial charge in [0.25, 0.3) is 0 Å². The van der Waals surface area contributed by atoms with Crippen LogP contribution >= 0.6 is 11.6 Å². The van der Waals surface area contributed by atoms with Crippen LogP contribution in [0.4, 0.5) is 0 Å². The highest BCUT2D eigenvalue weighted by Gasteiger charge is 2.29. The number of carbonyl (C=O) groups is 1. The van der Waals surface area contributed by atoms with Crippen LogP contribution in [0.2, 0.25) is 5.02 Å².